The van der Waals surface area contributed by atoms with E-state index in [0.29, 0.717) is 5.92 Å². The molecule has 0 spiro atoms. The van der Waals surface area contributed by atoms with Gasteiger partial charge in [-0.3, -0.25) is 0 Å². The highest BCUT2D eigenvalue weighted by molar-refractivity contribution is 5.05. The molecule has 0 saturated heterocycles. The zero-order valence-electron chi connectivity index (χ0n) is 6.41. The van der Waals surface area contributed by atoms with E-state index in [1.165, 1.54) is 5.56 Å². The van der Waals surface area contributed by atoms with E-state index >= 15 is 0 Å². The average Bonchev–Trinajstić information content (AvgIpc) is 1.88. The number of rotatable bonds is 2. The smallest absolute Gasteiger partial charge is 0.0528 e. The minimum Gasteiger partial charge on any atom is -0.159 e. The van der Waals surface area contributed by atoms with Crippen molar-refractivity contribution in [1.29, 1.82) is 0 Å². The second-order valence-electron chi connectivity index (χ2n) is 2.85. The lowest BCUT2D eigenvalue weighted by molar-refractivity contribution is 0.644. The summed E-state index contributed by atoms with van der Waals surface area (Å²) in [5.74, 6) is 0.698. The third-order valence-electron chi connectivity index (χ3n) is 1.29. The quantitative estimate of drug-likeness (QED) is 0.618. The van der Waals surface area contributed by atoms with Crippen molar-refractivity contribution < 1.29 is 0 Å². The number of hydrogen-bond acceptors (Lipinski definition) is 2. The van der Waals surface area contributed by atoms with Crippen LogP contribution in [0, 0.1) is 5.92 Å². The van der Waals surface area contributed by atoms with Crippen molar-refractivity contribution in [2.45, 2.75) is 20.3 Å². The van der Waals surface area contributed by atoms with Gasteiger partial charge in [0.2, 0.25) is 0 Å². The van der Waals surface area contributed by atoms with E-state index < -0.39 is 0 Å². The van der Waals surface area contributed by atoms with Crippen LogP contribution in [-0.4, -0.2) is 10.2 Å². The molecule has 0 unspecified atom stereocenters. The Kier molecular flexibility index (Phi) is 2.37. The SMILES string of the molecule is CC(C)Cc1ccnnc1. The summed E-state index contributed by atoms with van der Waals surface area (Å²) < 4.78 is 0. The molecule has 0 aromatic carbocycles. The van der Waals surface area contributed by atoms with E-state index in [2.05, 4.69) is 24.0 Å². The van der Waals surface area contributed by atoms with E-state index in [4.69, 9.17) is 0 Å². The number of hydrogen-bond donors (Lipinski definition) is 0. The van der Waals surface area contributed by atoms with E-state index in [-0.39, 0.29) is 0 Å². The fourth-order valence-electron chi connectivity index (χ4n) is 0.910. The Hall–Kier alpha value is -0.920. The highest BCUT2D eigenvalue weighted by atomic mass is 15.1. The summed E-state index contributed by atoms with van der Waals surface area (Å²) in [7, 11) is 0. The Morgan fingerprint density at radius 2 is 2.20 bits per heavy atom. The summed E-state index contributed by atoms with van der Waals surface area (Å²) >= 11 is 0. The highest BCUT2D eigenvalue weighted by Gasteiger charge is 1.95. The van der Waals surface area contributed by atoms with Crippen molar-refractivity contribution >= 4 is 0 Å². The van der Waals surface area contributed by atoms with Crippen LogP contribution in [0.3, 0.4) is 0 Å². The summed E-state index contributed by atoms with van der Waals surface area (Å²) in [5.41, 5.74) is 1.27. The van der Waals surface area contributed by atoms with Gasteiger partial charge in [-0.15, -0.1) is 0 Å². The van der Waals surface area contributed by atoms with Crippen molar-refractivity contribution in [2.75, 3.05) is 0 Å². The van der Waals surface area contributed by atoms with Crippen LogP contribution in [0.2, 0.25) is 0 Å². The Labute approximate surface area is 61.3 Å². The molecule has 0 bridgehead atoms. The topological polar surface area (TPSA) is 25.8 Å². The van der Waals surface area contributed by atoms with Crippen molar-refractivity contribution in [2.24, 2.45) is 5.92 Å². The summed E-state index contributed by atoms with van der Waals surface area (Å²) in [6, 6.07) is 2.01. The summed E-state index contributed by atoms with van der Waals surface area (Å²) in [4.78, 5) is 0. The molecule has 0 radical (unpaired) electrons. The molecule has 0 amide bonds. The first-order valence-electron chi connectivity index (χ1n) is 3.54. The molecule has 1 aromatic heterocycles. The van der Waals surface area contributed by atoms with Gasteiger partial charge in [0.05, 0.1) is 6.20 Å². The Bertz CT molecular complexity index is 182. The van der Waals surface area contributed by atoms with Crippen molar-refractivity contribution in [3.8, 4) is 0 Å². The molecule has 0 aliphatic heterocycles. The predicted octanol–water partition coefficient (Wildman–Crippen LogP) is 1.68. The van der Waals surface area contributed by atoms with E-state index in [1.807, 2.05) is 12.3 Å². The van der Waals surface area contributed by atoms with Gasteiger partial charge >= 0.3 is 0 Å². The molecule has 1 rings (SSSR count). The molecule has 0 fully saturated rings. The molecule has 54 valence electrons. The van der Waals surface area contributed by atoms with Crippen molar-refractivity contribution in [3.05, 3.63) is 24.0 Å². The van der Waals surface area contributed by atoms with Gasteiger partial charge in [0.1, 0.15) is 0 Å². The van der Waals surface area contributed by atoms with Gasteiger partial charge in [-0.25, -0.2) is 0 Å². The molecule has 2 nitrogen and oxygen atoms in total. The molecular weight excluding hydrogens is 124 g/mol. The minimum absolute atomic E-state index is 0.698. The average molecular weight is 136 g/mol. The van der Waals surface area contributed by atoms with Gasteiger partial charge in [-0.2, -0.15) is 10.2 Å². The van der Waals surface area contributed by atoms with Crippen LogP contribution in [0.1, 0.15) is 19.4 Å². The first-order valence-corrected chi connectivity index (χ1v) is 3.54. The van der Waals surface area contributed by atoms with Crippen LogP contribution in [0.15, 0.2) is 18.5 Å². The zero-order valence-corrected chi connectivity index (χ0v) is 6.41. The van der Waals surface area contributed by atoms with E-state index in [0.717, 1.165) is 6.42 Å². The molecule has 0 aliphatic rings. The molecule has 1 aromatic rings. The second kappa shape index (κ2) is 3.30. The van der Waals surface area contributed by atoms with E-state index in [9.17, 15) is 0 Å². The first-order chi connectivity index (χ1) is 4.79. The first kappa shape index (κ1) is 7.19. The lowest BCUT2D eigenvalue weighted by atomic mass is 10.1. The van der Waals surface area contributed by atoms with Gasteiger partial charge < -0.3 is 0 Å². The minimum atomic E-state index is 0.698. The van der Waals surface area contributed by atoms with Crippen molar-refractivity contribution in [1.82, 2.24) is 10.2 Å². The van der Waals surface area contributed by atoms with Gasteiger partial charge in [0.15, 0.2) is 0 Å². The maximum absolute atomic E-state index is 3.79. The van der Waals surface area contributed by atoms with Crippen LogP contribution < -0.4 is 0 Å². The predicted molar refractivity (Wildman–Crippen MR) is 40.6 cm³/mol. The maximum Gasteiger partial charge on any atom is 0.0528 e. The monoisotopic (exact) mass is 136 g/mol. The van der Waals surface area contributed by atoms with Crippen LogP contribution >= 0.6 is 0 Å². The number of nitrogens with zero attached hydrogens (tertiary/aromatic N) is 2. The normalized spacial score (nSPS) is 10.3. The molecule has 10 heavy (non-hydrogen) atoms. The van der Waals surface area contributed by atoms with Gasteiger partial charge in [0, 0.05) is 6.20 Å². The van der Waals surface area contributed by atoms with Crippen LogP contribution in [-0.2, 0) is 6.42 Å². The third-order valence-corrected chi connectivity index (χ3v) is 1.29. The molecule has 0 atom stereocenters. The fraction of sp³-hybridized carbons (Fsp3) is 0.500. The molecule has 0 N–H and O–H groups in total. The Morgan fingerprint density at radius 3 is 2.70 bits per heavy atom. The van der Waals surface area contributed by atoms with Crippen molar-refractivity contribution in [3.63, 3.8) is 0 Å². The second-order valence-corrected chi connectivity index (χ2v) is 2.85. The van der Waals surface area contributed by atoms with Crippen LogP contribution in [0.4, 0.5) is 0 Å². The largest absolute Gasteiger partial charge is 0.159 e. The van der Waals surface area contributed by atoms with Gasteiger partial charge in [-0.05, 0) is 24.0 Å². The van der Waals surface area contributed by atoms with Crippen LogP contribution in [0.25, 0.3) is 0 Å². The zero-order chi connectivity index (χ0) is 7.40. The van der Waals surface area contributed by atoms with Crippen LogP contribution in [0.5, 0.6) is 0 Å². The molecule has 2 heteroatoms. The van der Waals surface area contributed by atoms with Gasteiger partial charge in [-0.1, -0.05) is 13.8 Å². The summed E-state index contributed by atoms with van der Waals surface area (Å²) in [6.07, 6.45) is 4.65. The third kappa shape index (κ3) is 2.13. The fourth-order valence-corrected chi connectivity index (χ4v) is 0.910. The standard InChI is InChI=1S/C8H12N2/c1-7(2)5-8-3-4-9-10-6-8/h3-4,6-7H,5H2,1-2H3. The Balaban J connectivity index is 2.59. The highest BCUT2D eigenvalue weighted by Crippen LogP contribution is 2.03. The number of aromatic nitrogens is 2. The molecule has 0 saturated carbocycles. The lowest BCUT2D eigenvalue weighted by Gasteiger charge is -2.01. The maximum atomic E-state index is 3.79. The molecule has 0 aliphatic carbocycles. The van der Waals surface area contributed by atoms with Gasteiger partial charge in [0.25, 0.3) is 0 Å². The molecular formula is C8H12N2. The Morgan fingerprint density at radius 1 is 1.40 bits per heavy atom. The summed E-state index contributed by atoms with van der Waals surface area (Å²) in [6.45, 7) is 4.39. The summed E-state index contributed by atoms with van der Waals surface area (Å²) in [5, 5.41) is 7.49. The van der Waals surface area contributed by atoms with E-state index in [1.54, 1.807) is 6.20 Å². The lowest BCUT2D eigenvalue weighted by Crippen LogP contribution is -1.94. The molecule has 1 heterocycles.